The predicted molar refractivity (Wildman–Crippen MR) is 259 cm³/mol. The van der Waals surface area contributed by atoms with Gasteiger partial charge in [-0.1, -0.05) is 73.1 Å². The Morgan fingerprint density at radius 1 is 1.06 bits per heavy atom. The van der Waals surface area contributed by atoms with Gasteiger partial charge < -0.3 is 47.6 Å². The van der Waals surface area contributed by atoms with Crippen LogP contribution in [0.4, 0.5) is 23.0 Å². The molecule has 1 aliphatic rings. The van der Waals surface area contributed by atoms with Crippen LogP contribution in [0.15, 0.2) is 88.0 Å². The number of rotatable bonds is 21. The summed E-state index contributed by atoms with van der Waals surface area (Å²) in [5.74, 6) is 18.9. The summed E-state index contributed by atoms with van der Waals surface area (Å²) in [6.45, 7) is 4.51. The van der Waals surface area contributed by atoms with Gasteiger partial charge in [-0.25, -0.2) is 20.8 Å². The number of para-hydroxylation sites is 2. The summed E-state index contributed by atoms with van der Waals surface area (Å²) in [6.07, 6.45) is 2.90. The molecular formula is C45H54N16O5S. The molecule has 1 atom stereocenters. The number of aromatic nitrogens is 5. The largest absolute Gasteiger partial charge is 0.489 e. The Kier molecular flexibility index (Phi) is 18.0. The second-order valence-corrected chi connectivity index (χ2v) is 15.9. The van der Waals surface area contributed by atoms with E-state index in [1.54, 1.807) is 43.6 Å². The van der Waals surface area contributed by atoms with Crippen molar-refractivity contribution in [2.24, 2.45) is 27.5 Å². The molecule has 3 aromatic carbocycles. The normalized spacial score (nSPS) is 13.6. The van der Waals surface area contributed by atoms with Crippen molar-refractivity contribution in [3.63, 3.8) is 0 Å². The van der Waals surface area contributed by atoms with Gasteiger partial charge in [0.15, 0.2) is 16.8 Å². The van der Waals surface area contributed by atoms with Crippen LogP contribution in [0, 0.1) is 11.8 Å². The molecule has 0 bridgehead atoms. The van der Waals surface area contributed by atoms with E-state index in [2.05, 4.69) is 70.0 Å². The molecule has 1 unspecified atom stereocenters. The van der Waals surface area contributed by atoms with Crippen LogP contribution in [-0.2, 0) is 27.3 Å². The molecule has 0 fully saturated rings. The smallest absolute Gasteiger partial charge is 0.296 e. The number of nitrogens with one attached hydrogen (secondary N) is 4. The van der Waals surface area contributed by atoms with Gasteiger partial charge in [-0.05, 0) is 41.8 Å². The molecule has 3 heterocycles. The van der Waals surface area contributed by atoms with Crippen LogP contribution < -0.4 is 53.7 Å². The lowest BCUT2D eigenvalue weighted by Crippen LogP contribution is -2.49. The molecular weight excluding hydrogens is 877 g/mol. The molecule has 0 spiro atoms. The second-order valence-electron chi connectivity index (χ2n) is 14.8. The third-order valence-electron chi connectivity index (χ3n) is 9.85. The minimum Gasteiger partial charge on any atom is -0.489 e. The number of hydrazone groups is 1. The number of nitrogen functional groups attached to an aromatic ring is 1. The van der Waals surface area contributed by atoms with Crippen molar-refractivity contribution in [3.05, 3.63) is 107 Å². The van der Waals surface area contributed by atoms with Gasteiger partial charge in [0.25, 0.3) is 17.7 Å². The van der Waals surface area contributed by atoms with Gasteiger partial charge in [-0.3, -0.25) is 29.5 Å². The number of hydrogen-bond donors (Lipinski definition) is 8. The Balaban J connectivity index is 0.872. The number of thioether (sulfide) groups is 1. The Labute approximate surface area is 391 Å². The summed E-state index contributed by atoms with van der Waals surface area (Å²) in [7, 11) is 1.63. The first-order chi connectivity index (χ1) is 32.6. The number of anilines is 4. The zero-order valence-corrected chi connectivity index (χ0v) is 38.0. The Morgan fingerprint density at radius 2 is 1.84 bits per heavy atom. The summed E-state index contributed by atoms with van der Waals surface area (Å²) in [4.78, 5) is 57.5. The van der Waals surface area contributed by atoms with Crippen LogP contribution in [0.5, 0.6) is 5.75 Å². The number of aromatic amines is 1. The summed E-state index contributed by atoms with van der Waals surface area (Å²) in [6, 6.07) is 21.0. The van der Waals surface area contributed by atoms with Gasteiger partial charge in [0.2, 0.25) is 5.82 Å². The highest BCUT2D eigenvalue weighted by Gasteiger charge is 2.31. The Bertz CT molecular complexity index is 2590. The molecule has 21 nitrogen and oxygen atoms in total. The number of benzene rings is 3. The van der Waals surface area contributed by atoms with Crippen LogP contribution in [0.2, 0.25) is 0 Å². The van der Waals surface area contributed by atoms with E-state index < -0.39 is 17.9 Å². The topological polar surface area (TPSA) is 308 Å². The highest BCUT2D eigenvalue weighted by molar-refractivity contribution is 7.99. The zero-order valence-electron chi connectivity index (χ0n) is 37.2. The number of nitrogens with two attached hydrogens (primary N) is 4. The quantitative estimate of drug-likeness (QED) is 0.00986. The van der Waals surface area contributed by atoms with Crippen LogP contribution in [0.25, 0.3) is 0 Å². The second kappa shape index (κ2) is 24.6. The van der Waals surface area contributed by atoms with Gasteiger partial charge in [0.05, 0.1) is 32.0 Å². The first-order valence-corrected chi connectivity index (χ1v) is 22.4. The average molecular weight is 931 g/mol. The van der Waals surface area contributed by atoms with Crippen molar-refractivity contribution in [2.45, 2.75) is 37.5 Å². The van der Waals surface area contributed by atoms with Crippen molar-refractivity contribution in [1.82, 2.24) is 35.8 Å². The summed E-state index contributed by atoms with van der Waals surface area (Å²) >= 11 is 1.53. The zero-order chi connectivity index (χ0) is 47.5. The van der Waals surface area contributed by atoms with Crippen molar-refractivity contribution < 1.29 is 23.9 Å². The maximum absolute atomic E-state index is 13.0. The van der Waals surface area contributed by atoms with Gasteiger partial charge >= 0.3 is 0 Å². The lowest BCUT2D eigenvalue weighted by molar-refractivity contribution is -0.120. The first kappa shape index (κ1) is 48.9. The number of nitrogens with zero attached hydrogens (tertiary/aromatic N) is 8. The van der Waals surface area contributed by atoms with E-state index in [9.17, 15) is 14.4 Å². The number of hydrazine groups is 1. The molecule has 2 aromatic heterocycles. The minimum atomic E-state index is -0.920. The van der Waals surface area contributed by atoms with E-state index in [4.69, 9.17) is 32.6 Å². The van der Waals surface area contributed by atoms with Crippen LogP contribution in [0.3, 0.4) is 0 Å². The number of aliphatic imine (C=N–C) groups is 1. The molecule has 67 heavy (non-hydrogen) atoms. The fraction of sp³-hybridized carbons (Fsp3) is 0.311. The first-order valence-electron chi connectivity index (χ1n) is 21.4. The maximum Gasteiger partial charge on any atom is 0.296 e. The lowest BCUT2D eigenvalue weighted by atomic mass is 10.1. The van der Waals surface area contributed by atoms with E-state index in [1.165, 1.54) is 21.7 Å². The van der Waals surface area contributed by atoms with Crippen molar-refractivity contribution >= 4 is 64.4 Å². The fourth-order valence-corrected chi connectivity index (χ4v) is 7.10. The van der Waals surface area contributed by atoms with E-state index in [1.807, 2.05) is 42.5 Å². The molecule has 350 valence electrons. The van der Waals surface area contributed by atoms with Gasteiger partial charge in [0, 0.05) is 62.1 Å². The van der Waals surface area contributed by atoms with Crippen molar-refractivity contribution in [2.75, 3.05) is 79.8 Å². The molecule has 3 amide bonds. The number of carbonyl (C=O) groups is 3. The van der Waals surface area contributed by atoms with Crippen LogP contribution in [0.1, 0.15) is 52.0 Å². The number of H-pyrrole nitrogens is 1. The molecule has 1 aliphatic heterocycles. The molecule has 0 radical (unpaired) electrons. The SMILES string of the molecule is CCCSc1nc(NCCN)c(N)c(N(N)Cc2ccc(C(C=NCCOCCNC(=O)C#Cc3ccc(Cc4nc(C(=O)NC5COc6ccccc6N(C)C5=O)n[nH]4)cc3)=NN)cc2)n1. The average Bonchev–Trinajstić information content (AvgIpc) is 3.78. The third-order valence-corrected chi connectivity index (χ3v) is 10.9. The molecule has 0 saturated carbocycles. The molecule has 12 N–H and O–H groups in total. The monoisotopic (exact) mass is 930 g/mol. The summed E-state index contributed by atoms with van der Waals surface area (Å²) < 4.78 is 11.4. The maximum atomic E-state index is 13.0. The van der Waals surface area contributed by atoms with Gasteiger partial charge in [-0.2, -0.15) is 5.10 Å². The molecule has 6 rings (SSSR count). The molecule has 22 heteroatoms. The van der Waals surface area contributed by atoms with E-state index in [0.29, 0.717) is 90.2 Å². The van der Waals surface area contributed by atoms with Crippen molar-refractivity contribution in [1.29, 1.82) is 0 Å². The number of amides is 3. The molecule has 0 aliphatic carbocycles. The fourth-order valence-electron chi connectivity index (χ4n) is 6.41. The minimum absolute atomic E-state index is 0.0314. The number of likely N-dealkylation sites (N-methyl/N-ethyl adjacent to an activating group) is 1. The molecule has 5 aromatic rings. The Hall–Kier alpha value is -7.58. The predicted octanol–water partition coefficient (Wildman–Crippen LogP) is 1.59. The van der Waals surface area contributed by atoms with E-state index in [0.717, 1.165) is 28.9 Å². The number of fused-ring (bicyclic) bond motifs is 1. The van der Waals surface area contributed by atoms with Gasteiger partial charge in [-0.15, -0.1) is 5.10 Å². The van der Waals surface area contributed by atoms with E-state index in [-0.39, 0.29) is 31.5 Å². The van der Waals surface area contributed by atoms with Crippen LogP contribution in [-0.4, -0.2) is 120 Å². The van der Waals surface area contributed by atoms with Crippen molar-refractivity contribution in [3.8, 4) is 17.6 Å². The van der Waals surface area contributed by atoms with Gasteiger partial charge in [0.1, 0.15) is 35.6 Å². The number of hydrogen-bond acceptors (Lipinski definition) is 18. The van der Waals surface area contributed by atoms with Crippen LogP contribution >= 0.6 is 11.8 Å². The number of ether oxygens (including phenoxy) is 2. The highest BCUT2D eigenvalue weighted by atomic mass is 32.2. The lowest BCUT2D eigenvalue weighted by Gasteiger charge is -2.21. The summed E-state index contributed by atoms with van der Waals surface area (Å²) in [5, 5.41) is 21.3. The number of carbonyl (C=O) groups excluding carboxylic acids is 3. The standard InChI is InChI=1S/C45H54N16O5S/c1-3-24-67-45-55-40(52-19-18-46)39(47)42(56-45)61(49)27-31-12-15-32(16-13-31)33(57-48)26-50-20-22-65-23-21-51-38(62)17-14-29-8-10-30(11-9-29)25-37-54-41(59-58-37)43(63)53-34-28-66-36-7-5-4-6-35(36)60(2)44(34)64/h4-13,15-16,26,34H,3,18-25,27-28,46-49H2,1-2H3,(H,51,62)(H,53,63)(H,52,55,56)(H,54,58,59). The van der Waals surface area contributed by atoms with E-state index >= 15 is 0 Å². The highest BCUT2D eigenvalue weighted by Crippen LogP contribution is 2.31. The Morgan fingerprint density at radius 3 is 2.60 bits per heavy atom. The summed E-state index contributed by atoms with van der Waals surface area (Å²) in [5.41, 5.74) is 16.7. The molecule has 0 saturated heterocycles. The third kappa shape index (κ3) is 14.0.